The van der Waals surface area contributed by atoms with E-state index in [1.54, 1.807) is 0 Å². The number of anilines is 1. The van der Waals surface area contributed by atoms with Crippen molar-refractivity contribution in [3.63, 3.8) is 0 Å². The van der Waals surface area contributed by atoms with Crippen molar-refractivity contribution in [2.45, 2.75) is 49.2 Å². The number of nitrogens with zero attached hydrogens (tertiary/aromatic N) is 1. The third-order valence-electron chi connectivity index (χ3n) is 5.90. The summed E-state index contributed by atoms with van der Waals surface area (Å²) in [5, 5.41) is 2.87. The van der Waals surface area contributed by atoms with E-state index in [1.807, 2.05) is 0 Å². The zero-order valence-corrected chi connectivity index (χ0v) is 18.2. The summed E-state index contributed by atoms with van der Waals surface area (Å²) < 4.78 is 72.9. The number of amides is 1. The van der Waals surface area contributed by atoms with Gasteiger partial charge in [0.15, 0.2) is 0 Å². The topological polar surface area (TPSA) is 75.7 Å². The average molecular weight is 468 g/mol. The number of fused-ring (bicyclic) bond motifs is 3. The molecule has 2 aliphatic rings. The third kappa shape index (κ3) is 4.15. The molecule has 0 aromatic heterocycles. The molecule has 1 fully saturated rings. The van der Waals surface area contributed by atoms with E-state index in [9.17, 15) is 26.4 Å². The van der Waals surface area contributed by atoms with E-state index >= 15 is 0 Å². The van der Waals surface area contributed by atoms with Gasteiger partial charge < -0.3 is 10.1 Å². The summed E-state index contributed by atoms with van der Waals surface area (Å²) in [6.07, 6.45) is 0.127. The fourth-order valence-electron chi connectivity index (χ4n) is 4.28. The monoisotopic (exact) mass is 468 g/mol. The highest BCUT2D eigenvalue weighted by Crippen LogP contribution is 2.46. The number of sulfonamides is 1. The molecule has 6 nitrogen and oxygen atoms in total. The lowest BCUT2D eigenvalue weighted by Crippen LogP contribution is -2.45. The van der Waals surface area contributed by atoms with Crippen LogP contribution in [0.15, 0.2) is 41.3 Å². The minimum Gasteiger partial charge on any atom is -0.497 e. The Kier molecular flexibility index (Phi) is 5.83. The predicted octanol–water partition coefficient (Wildman–Crippen LogP) is 4.34. The van der Waals surface area contributed by atoms with Crippen molar-refractivity contribution in [1.82, 2.24) is 5.32 Å². The molecule has 1 aliphatic heterocycles. The second-order valence-electron chi connectivity index (χ2n) is 8.01. The number of nitrogens with one attached hydrogen (secondary N) is 1. The zero-order valence-electron chi connectivity index (χ0n) is 17.4. The van der Waals surface area contributed by atoms with Gasteiger partial charge >= 0.3 is 6.18 Å². The lowest BCUT2D eigenvalue weighted by atomic mass is 9.95. The van der Waals surface area contributed by atoms with Crippen molar-refractivity contribution in [2.75, 3.05) is 18.0 Å². The molecule has 0 unspecified atom stereocenters. The van der Waals surface area contributed by atoms with Gasteiger partial charge in [0.25, 0.3) is 10.0 Å². The van der Waals surface area contributed by atoms with Crippen molar-refractivity contribution in [3.8, 4) is 16.9 Å². The molecule has 1 aliphatic carbocycles. The van der Waals surface area contributed by atoms with E-state index in [0.717, 1.165) is 54.6 Å². The van der Waals surface area contributed by atoms with Crippen LogP contribution in [-0.2, 0) is 21.0 Å². The van der Waals surface area contributed by atoms with E-state index in [2.05, 4.69) is 5.32 Å². The van der Waals surface area contributed by atoms with Crippen LogP contribution in [0.3, 0.4) is 0 Å². The van der Waals surface area contributed by atoms with Gasteiger partial charge in [-0.25, -0.2) is 8.42 Å². The SMILES string of the molecule is COc1ccc2c(c1)S(=O)(=O)N(CC(=O)NC1CCCCC1)c1ccc(C(F)(F)F)cc1-2. The average Bonchev–Trinajstić information content (AvgIpc) is 2.76. The number of ether oxygens (including phenoxy) is 1. The molecule has 172 valence electrons. The van der Waals surface area contributed by atoms with Gasteiger partial charge in [-0.2, -0.15) is 13.2 Å². The van der Waals surface area contributed by atoms with Crippen LogP contribution in [0.2, 0.25) is 0 Å². The first kappa shape index (κ1) is 22.4. The van der Waals surface area contributed by atoms with Crippen molar-refractivity contribution in [2.24, 2.45) is 0 Å². The van der Waals surface area contributed by atoms with Crippen molar-refractivity contribution < 1.29 is 31.1 Å². The minimum absolute atomic E-state index is 0.0248. The van der Waals surface area contributed by atoms with Gasteiger partial charge in [0, 0.05) is 23.2 Å². The summed E-state index contributed by atoms with van der Waals surface area (Å²) in [6.45, 7) is -0.520. The highest BCUT2D eigenvalue weighted by atomic mass is 32.2. The summed E-state index contributed by atoms with van der Waals surface area (Å²) in [5.41, 5.74) is -0.632. The summed E-state index contributed by atoms with van der Waals surface area (Å²) in [4.78, 5) is 12.5. The molecule has 1 N–H and O–H groups in total. The van der Waals surface area contributed by atoms with Crippen molar-refractivity contribution >= 4 is 21.6 Å². The van der Waals surface area contributed by atoms with Gasteiger partial charge in [-0.1, -0.05) is 19.3 Å². The first-order chi connectivity index (χ1) is 15.1. The Balaban J connectivity index is 1.77. The Morgan fingerprint density at radius 3 is 2.47 bits per heavy atom. The first-order valence-corrected chi connectivity index (χ1v) is 11.8. The van der Waals surface area contributed by atoms with Gasteiger partial charge in [-0.3, -0.25) is 9.10 Å². The standard InChI is InChI=1S/C22H23F3N2O4S/c1-31-16-8-9-17-18-11-14(22(23,24)25)7-10-19(18)27(32(29,30)20(17)12-16)13-21(28)26-15-5-3-2-4-6-15/h7-12,15H,2-6,13H2,1H3,(H,26,28). The predicted molar refractivity (Wildman–Crippen MR) is 113 cm³/mol. The molecule has 10 heteroatoms. The van der Waals surface area contributed by atoms with E-state index in [4.69, 9.17) is 4.74 Å². The lowest BCUT2D eigenvalue weighted by Gasteiger charge is -2.33. The Bertz CT molecular complexity index is 1140. The molecule has 1 saturated carbocycles. The van der Waals surface area contributed by atoms with Crippen molar-refractivity contribution in [1.29, 1.82) is 0 Å². The molecular weight excluding hydrogens is 445 g/mol. The van der Waals surface area contributed by atoms with E-state index < -0.39 is 34.2 Å². The number of alkyl halides is 3. The second kappa shape index (κ2) is 8.31. The Morgan fingerprint density at radius 1 is 1.09 bits per heavy atom. The number of halogens is 3. The quantitative estimate of drug-likeness (QED) is 0.725. The Hall–Kier alpha value is -2.75. The Morgan fingerprint density at radius 2 is 1.81 bits per heavy atom. The molecule has 2 aromatic rings. The van der Waals surface area contributed by atoms with Crippen LogP contribution in [0.4, 0.5) is 18.9 Å². The normalized spacial score (nSPS) is 17.9. The van der Waals surface area contributed by atoms with E-state index in [1.165, 1.54) is 25.3 Å². The van der Waals surface area contributed by atoms with Gasteiger partial charge in [0.05, 0.1) is 23.3 Å². The maximum atomic E-state index is 13.4. The van der Waals surface area contributed by atoms with E-state index in [-0.39, 0.29) is 33.5 Å². The van der Waals surface area contributed by atoms with Crippen LogP contribution in [0.25, 0.3) is 11.1 Å². The first-order valence-electron chi connectivity index (χ1n) is 10.3. The molecular formula is C22H23F3N2O4S. The van der Waals surface area contributed by atoms with Gasteiger partial charge in [0.1, 0.15) is 12.3 Å². The maximum absolute atomic E-state index is 13.4. The molecule has 4 rings (SSSR count). The number of hydrogen-bond acceptors (Lipinski definition) is 4. The van der Waals surface area contributed by atoms with Crippen molar-refractivity contribution in [3.05, 3.63) is 42.0 Å². The molecule has 1 amide bonds. The molecule has 1 heterocycles. The highest BCUT2D eigenvalue weighted by Gasteiger charge is 2.39. The lowest BCUT2D eigenvalue weighted by molar-refractivity contribution is -0.137. The van der Waals surface area contributed by atoms with E-state index in [0.29, 0.717) is 0 Å². The van der Waals surface area contributed by atoms with Gasteiger partial charge in [0.2, 0.25) is 5.91 Å². The van der Waals surface area contributed by atoms with Gasteiger partial charge in [-0.05, 0) is 43.2 Å². The molecule has 0 bridgehead atoms. The molecule has 32 heavy (non-hydrogen) atoms. The Labute approximate surface area is 184 Å². The number of methoxy groups -OCH3 is 1. The molecule has 0 radical (unpaired) electrons. The van der Waals surface area contributed by atoms with Crippen LogP contribution in [-0.4, -0.2) is 34.0 Å². The largest absolute Gasteiger partial charge is 0.497 e. The third-order valence-corrected chi connectivity index (χ3v) is 7.70. The summed E-state index contributed by atoms with van der Waals surface area (Å²) in [6, 6.07) is 7.00. The van der Waals surface area contributed by atoms with Gasteiger partial charge in [-0.15, -0.1) is 0 Å². The molecule has 2 aromatic carbocycles. The van der Waals surface area contributed by atoms with Crippen LogP contribution in [0, 0.1) is 0 Å². The molecule has 0 atom stereocenters. The zero-order chi connectivity index (χ0) is 23.1. The number of carbonyl (C=O) groups excluding carboxylic acids is 1. The minimum atomic E-state index is -4.60. The summed E-state index contributed by atoms with van der Waals surface area (Å²) >= 11 is 0. The second-order valence-corrected chi connectivity index (χ2v) is 9.84. The van der Waals surface area contributed by atoms with Crippen LogP contribution >= 0.6 is 0 Å². The summed E-state index contributed by atoms with van der Waals surface area (Å²) in [7, 11) is -2.84. The number of carbonyl (C=O) groups is 1. The highest BCUT2D eigenvalue weighted by molar-refractivity contribution is 7.93. The van der Waals surface area contributed by atoms with Crippen LogP contribution in [0.5, 0.6) is 5.75 Å². The molecule has 0 saturated heterocycles. The fraction of sp³-hybridized carbons (Fsp3) is 0.409. The number of rotatable bonds is 4. The van der Waals surface area contributed by atoms with Crippen LogP contribution < -0.4 is 14.4 Å². The fourth-order valence-corrected chi connectivity index (χ4v) is 5.94. The number of hydrogen-bond donors (Lipinski definition) is 1. The molecule has 0 spiro atoms. The summed E-state index contributed by atoms with van der Waals surface area (Å²) in [5.74, 6) is -0.243. The number of benzene rings is 2. The maximum Gasteiger partial charge on any atom is 0.416 e. The smallest absolute Gasteiger partial charge is 0.416 e. The van der Waals surface area contributed by atoms with Crippen LogP contribution in [0.1, 0.15) is 37.7 Å².